The van der Waals surface area contributed by atoms with E-state index in [1.807, 2.05) is 5.32 Å². The molecule has 0 bridgehead atoms. The monoisotopic (exact) mass is 235 g/mol. The van der Waals surface area contributed by atoms with Crippen molar-refractivity contribution in [3.63, 3.8) is 0 Å². The van der Waals surface area contributed by atoms with Crippen molar-refractivity contribution in [3.8, 4) is 0 Å². The van der Waals surface area contributed by atoms with Crippen LogP contribution < -0.4 is 5.32 Å². The Labute approximate surface area is 89.3 Å². The van der Waals surface area contributed by atoms with E-state index in [1.54, 1.807) is 0 Å². The van der Waals surface area contributed by atoms with Crippen LogP contribution in [0.4, 0.5) is 17.6 Å². The zero-order chi connectivity index (χ0) is 12.3. The first kappa shape index (κ1) is 12.5. The quantitative estimate of drug-likeness (QED) is 0.801. The topological polar surface area (TPSA) is 29.1 Å². The first-order valence-electron chi connectivity index (χ1n) is 4.46. The number of carbonyl (C=O) groups excluding carboxylic acids is 1. The summed E-state index contributed by atoms with van der Waals surface area (Å²) in [6.07, 6.45) is -3.21. The molecule has 0 heterocycles. The summed E-state index contributed by atoms with van der Waals surface area (Å²) < 4.78 is 50.2. The molecule has 1 unspecified atom stereocenters. The van der Waals surface area contributed by atoms with E-state index in [0.717, 1.165) is 18.2 Å². The van der Waals surface area contributed by atoms with Crippen molar-refractivity contribution in [1.82, 2.24) is 5.32 Å². The minimum absolute atomic E-state index is 0.434. The Morgan fingerprint density at radius 3 is 2.19 bits per heavy atom. The van der Waals surface area contributed by atoms with Crippen molar-refractivity contribution < 1.29 is 22.4 Å². The Bertz CT molecular complexity index is 374. The van der Waals surface area contributed by atoms with Crippen molar-refractivity contribution >= 4 is 5.91 Å². The average molecular weight is 235 g/mol. The Hall–Kier alpha value is -1.59. The van der Waals surface area contributed by atoms with Crippen molar-refractivity contribution in [2.75, 3.05) is 0 Å². The lowest BCUT2D eigenvalue weighted by Gasteiger charge is -2.15. The van der Waals surface area contributed by atoms with Gasteiger partial charge in [0.1, 0.15) is 11.6 Å². The van der Waals surface area contributed by atoms with Crippen LogP contribution in [0.25, 0.3) is 0 Å². The zero-order valence-corrected chi connectivity index (χ0v) is 8.31. The van der Waals surface area contributed by atoms with E-state index < -0.39 is 35.6 Å². The highest BCUT2D eigenvalue weighted by molar-refractivity contribution is 5.79. The summed E-state index contributed by atoms with van der Waals surface area (Å²) in [6.45, 7) is 1.22. The van der Waals surface area contributed by atoms with Gasteiger partial charge in [-0.15, -0.1) is 0 Å². The van der Waals surface area contributed by atoms with Crippen LogP contribution in [-0.4, -0.2) is 12.3 Å². The van der Waals surface area contributed by atoms with Crippen LogP contribution in [0.1, 0.15) is 18.5 Å². The summed E-state index contributed by atoms with van der Waals surface area (Å²) in [5.41, 5.74) is -0.434. The fraction of sp³-hybridized carbons (Fsp3) is 0.300. The molecular weight excluding hydrogens is 226 g/mol. The van der Waals surface area contributed by atoms with Crippen LogP contribution in [-0.2, 0) is 4.79 Å². The molecular formula is C10H9F4NO. The maximum Gasteiger partial charge on any atom is 0.315 e. The van der Waals surface area contributed by atoms with Crippen LogP contribution in [0.2, 0.25) is 0 Å². The fourth-order valence-electron chi connectivity index (χ4n) is 1.27. The summed E-state index contributed by atoms with van der Waals surface area (Å²) in [5, 5.41) is 1.81. The second kappa shape index (κ2) is 4.96. The summed E-state index contributed by atoms with van der Waals surface area (Å²) in [6, 6.07) is 1.98. The van der Waals surface area contributed by atoms with Crippen LogP contribution in [0.15, 0.2) is 18.2 Å². The largest absolute Gasteiger partial charge is 0.344 e. The van der Waals surface area contributed by atoms with Gasteiger partial charge in [0.2, 0.25) is 0 Å². The van der Waals surface area contributed by atoms with Crippen molar-refractivity contribution in [1.29, 1.82) is 0 Å². The molecule has 0 fully saturated rings. The molecule has 0 aliphatic rings. The zero-order valence-electron chi connectivity index (χ0n) is 8.31. The standard InChI is InChI=1S/C10H9F4NO/c1-5(15-10(16)9(13)14)8-6(11)3-2-4-7(8)12/h2-5,9H,1H3,(H,15,16). The average Bonchev–Trinajstić information content (AvgIpc) is 2.16. The molecule has 88 valence electrons. The molecule has 1 amide bonds. The molecule has 0 aromatic heterocycles. The predicted molar refractivity (Wildman–Crippen MR) is 48.9 cm³/mol. The number of carbonyl (C=O) groups is 1. The van der Waals surface area contributed by atoms with Crippen LogP contribution >= 0.6 is 0 Å². The summed E-state index contributed by atoms with van der Waals surface area (Å²) in [4.78, 5) is 10.6. The van der Waals surface area contributed by atoms with E-state index in [9.17, 15) is 22.4 Å². The normalized spacial score (nSPS) is 12.6. The maximum absolute atomic E-state index is 13.2. The number of alkyl halides is 2. The Balaban J connectivity index is 2.88. The molecule has 6 heteroatoms. The fourth-order valence-corrected chi connectivity index (χ4v) is 1.27. The number of nitrogens with one attached hydrogen (secondary N) is 1. The van der Waals surface area contributed by atoms with E-state index in [4.69, 9.17) is 0 Å². The van der Waals surface area contributed by atoms with E-state index in [-0.39, 0.29) is 0 Å². The van der Waals surface area contributed by atoms with Gasteiger partial charge in [0.25, 0.3) is 5.91 Å². The molecule has 0 spiro atoms. The number of hydrogen-bond acceptors (Lipinski definition) is 1. The van der Waals surface area contributed by atoms with Gasteiger partial charge in [-0.1, -0.05) is 6.07 Å². The lowest BCUT2D eigenvalue weighted by atomic mass is 10.1. The molecule has 1 aromatic rings. The predicted octanol–water partition coefficient (Wildman–Crippen LogP) is 2.41. The van der Waals surface area contributed by atoms with Crippen molar-refractivity contribution in [3.05, 3.63) is 35.4 Å². The third kappa shape index (κ3) is 2.71. The molecule has 1 aromatic carbocycles. The molecule has 1 N–H and O–H groups in total. The van der Waals surface area contributed by atoms with Crippen molar-refractivity contribution in [2.24, 2.45) is 0 Å². The van der Waals surface area contributed by atoms with Crippen LogP contribution in [0.5, 0.6) is 0 Å². The molecule has 0 aliphatic carbocycles. The molecule has 1 rings (SSSR count). The molecule has 16 heavy (non-hydrogen) atoms. The third-order valence-corrected chi connectivity index (χ3v) is 1.99. The lowest BCUT2D eigenvalue weighted by Crippen LogP contribution is -2.32. The first-order valence-corrected chi connectivity index (χ1v) is 4.46. The third-order valence-electron chi connectivity index (χ3n) is 1.99. The van der Waals surface area contributed by atoms with Gasteiger partial charge in [-0.3, -0.25) is 4.79 Å². The molecule has 0 saturated heterocycles. The number of hydrogen-bond donors (Lipinski definition) is 1. The molecule has 0 radical (unpaired) electrons. The van der Waals surface area contributed by atoms with Crippen molar-refractivity contribution in [2.45, 2.75) is 19.4 Å². The minimum atomic E-state index is -3.21. The Morgan fingerprint density at radius 1 is 1.25 bits per heavy atom. The summed E-state index contributed by atoms with van der Waals surface area (Å²) in [7, 11) is 0. The number of halogens is 4. The van der Waals surface area contributed by atoms with Gasteiger partial charge in [-0.25, -0.2) is 8.78 Å². The SMILES string of the molecule is CC(NC(=O)C(F)F)c1c(F)cccc1F. The summed E-state index contributed by atoms with van der Waals surface area (Å²) >= 11 is 0. The van der Waals surface area contributed by atoms with Gasteiger partial charge in [-0.05, 0) is 19.1 Å². The minimum Gasteiger partial charge on any atom is -0.344 e. The first-order chi connectivity index (χ1) is 7.43. The van der Waals surface area contributed by atoms with Gasteiger partial charge in [0, 0.05) is 5.56 Å². The molecule has 0 saturated carbocycles. The number of amides is 1. The van der Waals surface area contributed by atoms with Crippen LogP contribution in [0, 0.1) is 11.6 Å². The number of rotatable bonds is 3. The van der Waals surface area contributed by atoms with E-state index in [1.165, 1.54) is 6.92 Å². The summed E-state index contributed by atoms with van der Waals surface area (Å²) in [5.74, 6) is -3.33. The highest BCUT2D eigenvalue weighted by atomic mass is 19.3. The van der Waals surface area contributed by atoms with Gasteiger partial charge < -0.3 is 5.32 Å². The molecule has 2 nitrogen and oxygen atoms in total. The lowest BCUT2D eigenvalue weighted by molar-refractivity contribution is -0.132. The highest BCUT2D eigenvalue weighted by Crippen LogP contribution is 2.20. The van der Waals surface area contributed by atoms with E-state index >= 15 is 0 Å². The van der Waals surface area contributed by atoms with Gasteiger partial charge in [0.05, 0.1) is 6.04 Å². The second-order valence-electron chi connectivity index (χ2n) is 3.17. The highest BCUT2D eigenvalue weighted by Gasteiger charge is 2.22. The Morgan fingerprint density at radius 2 is 1.75 bits per heavy atom. The van der Waals surface area contributed by atoms with Gasteiger partial charge >= 0.3 is 6.43 Å². The number of benzene rings is 1. The Kier molecular flexibility index (Phi) is 3.87. The van der Waals surface area contributed by atoms with Gasteiger partial charge in [0.15, 0.2) is 0 Å². The van der Waals surface area contributed by atoms with Gasteiger partial charge in [-0.2, -0.15) is 8.78 Å². The second-order valence-corrected chi connectivity index (χ2v) is 3.17. The smallest absolute Gasteiger partial charge is 0.315 e. The molecule has 1 atom stereocenters. The maximum atomic E-state index is 13.2. The van der Waals surface area contributed by atoms with Crippen LogP contribution in [0.3, 0.4) is 0 Å². The van der Waals surface area contributed by atoms with E-state index in [2.05, 4.69) is 0 Å². The molecule has 0 aliphatic heterocycles. The van der Waals surface area contributed by atoms with E-state index in [0.29, 0.717) is 0 Å².